The summed E-state index contributed by atoms with van der Waals surface area (Å²) in [5, 5.41) is 3.00. The molecule has 114 valence electrons. The van der Waals surface area contributed by atoms with Crippen molar-refractivity contribution in [3.05, 3.63) is 22.4 Å². The minimum Gasteiger partial charge on any atom is -0.349 e. The quantitative estimate of drug-likeness (QED) is 0.787. The molecule has 0 saturated carbocycles. The summed E-state index contributed by atoms with van der Waals surface area (Å²) in [4.78, 5) is 14.5. The van der Waals surface area contributed by atoms with Gasteiger partial charge in [0.05, 0.1) is 0 Å². The highest BCUT2D eigenvalue weighted by atomic mass is 79.9. The molecule has 0 aliphatic heterocycles. The van der Waals surface area contributed by atoms with E-state index in [-0.39, 0.29) is 5.91 Å². The van der Waals surface area contributed by atoms with E-state index in [0.717, 1.165) is 36.1 Å². The summed E-state index contributed by atoms with van der Waals surface area (Å²) in [6.45, 7) is 8.89. The monoisotopic (exact) mass is 343 g/mol. The molecule has 1 atom stereocenters. The van der Waals surface area contributed by atoms with Crippen LogP contribution >= 0.6 is 15.9 Å². The summed E-state index contributed by atoms with van der Waals surface area (Å²) >= 11 is 3.43. The Morgan fingerprint density at radius 2 is 2.20 bits per heavy atom. The third-order valence-corrected chi connectivity index (χ3v) is 4.09. The van der Waals surface area contributed by atoms with E-state index in [0.29, 0.717) is 12.6 Å². The molecule has 0 aliphatic carbocycles. The lowest BCUT2D eigenvalue weighted by atomic mass is 10.2. The van der Waals surface area contributed by atoms with E-state index in [2.05, 4.69) is 54.0 Å². The van der Waals surface area contributed by atoms with Gasteiger partial charge in [0.1, 0.15) is 5.69 Å². The smallest absolute Gasteiger partial charge is 0.267 e. The minimum absolute atomic E-state index is 0.00158. The maximum absolute atomic E-state index is 12.2. The van der Waals surface area contributed by atoms with Gasteiger partial charge in [-0.25, -0.2) is 0 Å². The van der Waals surface area contributed by atoms with Crippen LogP contribution in [0.25, 0.3) is 0 Å². The molecule has 1 amide bonds. The Bertz CT molecular complexity index is 431. The molecule has 0 aromatic carbocycles. The van der Waals surface area contributed by atoms with E-state index in [4.69, 9.17) is 0 Å². The average molecular weight is 344 g/mol. The van der Waals surface area contributed by atoms with Gasteiger partial charge in [0, 0.05) is 36.3 Å². The average Bonchev–Trinajstić information content (AvgIpc) is 2.79. The van der Waals surface area contributed by atoms with Gasteiger partial charge in [-0.05, 0) is 48.8 Å². The van der Waals surface area contributed by atoms with Crippen LogP contribution in [0.1, 0.15) is 44.1 Å². The van der Waals surface area contributed by atoms with Gasteiger partial charge in [-0.3, -0.25) is 4.79 Å². The largest absolute Gasteiger partial charge is 0.349 e. The number of carbonyl (C=O) groups is 1. The first-order valence-electron chi connectivity index (χ1n) is 7.33. The molecule has 1 N–H and O–H groups in total. The molecule has 1 rings (SSSR count). The first-order chi connectivity index (χ1) is 9.49. The normalized spacial score (nSPS) is 12.7. The Kier molecular flexibility index (Phi) is 7.30. The fourth-order valence-electron chi connectivity index (χ4n) is 2.06. The van der Waals surface area contributed by atoms with Gasteiger partial charge in [0.2, 0.25) is 0 Å². The fraction of sp³-hybridized carbons (Fsp3) is 0.667. The second-order valence-electron chi connectivity index (χ2n) is 5.23. The maximum atomic E-state index is 12.2. The Morgan fingerprint density at radius 1 is 1.50 bits per heavy atom. The molecule has 0 spiro atoms. The van der Waals surface area contributed by atoms with Crippen LogP contribution in [-0.4, -0.2) is 41.6 Å². The third-order valence-electron chi connectivity index (χ3n) is 3.65. The second-order valence-corrected chi connectivity index (χ2v) is 6.15. The molecule has 1 unspecified atom stereocenters. The van der Waals surface area contributed by atoms with E-state index in [1.54, 1.807) is 0 Å². The number of hydrogen-bond donors (Lipinski definition) is 1. The second kappa shape index (κ2) is 8.47. The van der Waals surface area contributed by atoms with Crippen LogP contribution in [0.2, 0.25) is 0 Å². The van der Waals surface area contributed by atoms with Crippen molar-refractivity contribution < 1.29 is 4.79 Å². The minimum atomic E-state index is 0.00158. The summed E-state index contributed by atoms with van der Waals surface area (Å²) in [6, 6.07) is 2.42. The van der Waals surface area contributed by atoms with Crippen molar-refractivity contribution in [2.24, 2.45) is 0 Å². The van der Waals surface area contributed by atoms with E-state index in [1.807, 2.05) is 16.8 Å². The van der Waals surface area contributed by atoms with Crippen LogP contribution in [0, 0.1) is 0 Å². The van der Waals surface area contributed by atoms with Crippen molar-refractivity contribution in [2.75, 3.05) is 20.1 Å². The molecule has 20 heavy (non-hydrogen) atoms. The van der Waals surface area contributed by atoms with Gasteiger partial charge in [0.15, 0.2) is 0 Å². The van der Waals surface area contributed by atoms with Crippen molar-refractivity contribution in [3.63, 3.8) is 0 Å². The van der Waals surface area contributed by atoms with Gasteiger partial charge < -0.3 is 14.8 Å². The number of aryl methyl sites for hydroxylation is 1. The van der Waals surface area contributed by atoms with Crippen LogP contribution < -0.4 is 5.32 Å². The lowest BCUT2D eigenvalue weighted by Crippen LogP contribution is -2.37. The Morgan fingerprint density at radius 3 is 2.80 bits per heavy atom. The van der Waals surface area contributed by atoms with Gasteiger partial charge in [-0.15, -0.1) is 0 Å². The topological polar surface area (TPSA) is 37.3 Å². The van der Waals surface area contributed by atoms with Crippen molar-refractivity contribution in [1.82, 2.24) is 14.8 Å². The molecular weight excluding hydrogens is 318 g/mol. The Labute approximate surface area is 130 Å². The van der Waals surface area contributed by atoms with Crippen LogP contribution in [0.4, 0.5) is 0 Å². The molecule has 1 aromatic rings. The number of nitrogens with one attached hydrogen (secondary N) is 1. The molecule has 5 heteroatoms. The molecule has 0 bridgehead atoms. The number of halogens is 1. The lowest BCUT2D eigenvalue weighted by molar-refractivity contribution is 0.0938. The third kappa shape index (κ3) is 4.94. The highest BCUT2D eigenvalue weighted by Crippen LogP contribution is 2.15. The van der Waals surface area contributed by atoms with E-state index < -0.39 is 0 Å². The number of rotatable bonds is 8. The van der Waals surface area contributed by atoms with E-state index in [9.17, 15) is 4.79 Å². The maximum Gasteiger partial charge on any atom is 0.267 e. The standard InChI is InChI=1S/C15H26BrN3O/c1-5-8-19-11-13(16)10-14(19)15(20)17-7-9-18(4)12(3)6-2/h10-12H,5-9H2,1-4H3,(H,17,20). The molecule has 0 radical (unpaired) electrons. The fourth-order valence-corrected chi connectivity index (χ4v) is 2.52. The van der Waals surface area contributed by atoms with Crippen molar-refractivity contribution in [2.45, 2.75) is 46.2 Å². The molecule has 1 heterocycles. The predicted octanol–water partition coefficient (Wildman–Crippen LogP) is 3.12. The van der Waals surface area contributed by atoms with Gasteiger partial charge in [-0.2, -0.15) is 0 Å². The Balaban J connectivity index is 2.51. The van der Waals surface area contributed by atoms with Crippen molar-refractivity contribution >= 4 is 21.8 Å². The van der Waals surface area contributed by atoms with E-state index >= 15 is 0 Å². The number of aromatic nitrogens is 1. The van der Waals surface area contributed by atoms with Gasteiger partial charge >= 0.3 is 0 Å². The summed E-state index contributed by atoms with van der Waals surface area (Å²) in [5.74, 6) is 0.00158. The first-order valence-corrected chi connectivity index (χ1v) is 8.13. The number of nitrogens with zero attached hydrogens (tertiary/aromatic N) is 2. The molecule has 4 nitrogen and oxygen atoms in total. The lowest BCUT2D eigenvalue weighted by Gasteiger charge is -2.23. The highest BCUT2D eigenvalue weighted by molar-refractivity contribution is 9.10. The summed E-state index contributed by atoms with van der Waals surface area (Å²) < 4.78 is 2.95. The first kappa shape index (κ1) is 17.2. The summed E-state index contributed by atoms with van der Waals surface area (Å²) in [7, 11) is 2.09. The number of likely N-dealkylation sites (N-methyl/N-ethyl adjacent to an activating group) is 1. The molecular formula is C15H26BrN3O. The zero-order valence-electron chi connectivity index (χ0n) is 12.9. The number of hydrogen-bond acceptors (Lipinski definition) is 2. The van der Waals surface area contributed by atoms with Crippen molar-refractivity contribution in [3.8, 4) is 0 Å². The molecule has 1 aromatic heterocycles. The summed E-state index contributed by atoms with van der Waals surface area (Å²) in [6.07, 6.45) is 4.10. The highest BCUT2D eigenvalue weighted by Gasteiger charge is 2.13. The van der Waals surface area contributed by atoms with Crippen LogP contribution in [0.3, 0.4) is 0 Å². The van der Waals surface area contributed by atoms with Crippen LogP contribution in [-0.2, 0) is 6.54 Å². The SMILES string of the molecule is CCCn1cc(Br)cc1C(=O)NCCN(C)C(C)CC. The zero-order chi connectivity index (χ0) is 15.1. The van der Waals surface area contributed by atoms with Gasteiger partial charge in [0.25, 0.3) is 5.91 Å². The molecule has 0 aliphatic rings. The van der Waals surface area contributed by atoms with Crippen LogP contribution in [0.15, 0.2) is 16.7 Å². The summed E-state index contributed by atoms with van der Waals surface area (Å²) in [5.41, 5.74) is 0.727. The number of carbonyl (C=O) groups excluding carboxylic acids is 1. The number of amides is 1. The Hall–Kier alpha value is -0.810. The van der Waals surface area contributed by atoms with Gasteiger partial charge in [-0.1, -0.05) is 13.8 Å². The zero-order valence-corrected chi connectivity index (χ0v) is 14.5. The van der Waals surface area contributed by atoms with E-state index in [1.165, 1.54) is 0 Å². The molecule has 0 fully saturated rings. The molecule has 0 saturated heterocycles. The predicted molar refractivity (Wildman–Crippen MR) is 87.1 cm³/mol. The van der Waals surface area contributed by atoms with Crippen molar-refractivity contribution in [1.29, 1.82) is 0 Å². The van der Waals surface area contributed by atoms with Crippen LogP contribution in [0.5, 0.6) is 0 Å².